The number of nitrogens with one attached hydrogen (secondary N) is 1. The summed E-state index contributed by atoms with van der Waals surface area (Å²) < 4.78 is 0. The van der Waals surface area contributed by atoms with Crippen molar-refractivity contribution in [1.82, 2.24) is 15.1 Å². The maximum absolute atomic E-state index is 4.45. The van der Waals surface area contributed by atoms with E-state index in [4.69, 9.17) is 0 Å². The summed E-state index contributed by atoms with van der Waals surface area (Å²) in [4.78, 5) is 9.36. The summed E-state index contributed by atoms with van der Waals surface area (Å²) in [5.74, 6) is 1.88. The predicted molar refractivity (Wildman–Crippen MR) is 97.0 cm³/mol. The molecule has 0 aromatic heterocycles. The predicted octanol–water partition coefficient (Wildman–Crippen LogP) is 2.39. The third-order valence-electron chi connectivity index (χ3n) is 4.54. The van der Waals surface area contributed by atoms with Gasteiger partial charge in [-0.2, -0.15) is 0 Å². The van der Waals surface area contributed by atoms with Gasteiger partial charge in [0.15, 0.2) is 5.96 Å². The number of rotatable bonds is 4. The van der Waals surface area contributed by atoms with Crippen LogP contribution in [0.1, 0.15) is 39.5 Å². The standard InChI is InChI=1S/C15H30N4.HI/c1-12-6-5-9-19(11-12)15(16-3)17-10-13(2)18(4)14-7-8-14;/h12-14H,5-11H2,1-4H3,(H,16,17);1H. The lowest BCUT2D eigenvalue weighted by atomic mass is 10.0. The van der Waals surface area contributed by atoms with Crippen molar-refractivity contribution in [2.24, 2.45) is 10.9 Å². The van der Waals surface area contributed by atoms with E-state index >= 15 is 0 Å². The second kappa shape index (κ2) is 8.41. The minimum Gasteiger partial charge on any atom is -0.355 e. The first-order valence-electron chi connectivity index (χ1n) is 7.79. The summed E-state index contributed by atoms with van der Waals surface area (Å²) >= 11 is 0. The molecule has 2 fully saturated rings. The van der Waals surface area contributed by atoms with E-state index in [2.05, 4.69) is 41.0 Å². The molecule has 1 saturated heterocycles. The molecule has 0 bridgehead atoms. The first-order valence-corrected chi connectivity index (χ1v) is 7.79. The van der Waals surface area contributed by atoms with Crippen LogP contribution in [0.4, 0.5) is 0 Å². The number of guanidine groups is 1. The number of halogens is 1. The molecule has 0 spiro atoms. The van der Waals surface area contributed by atoms with Crippen molar-refractivity contribution in [3.8, 4) is 0 Å². The molecule has 1 aliphatic carbocycles. The van der Waals surface area contributed by atoms with E-state index in [0.29, 0.717) is 6.04 Å². The highest BCUT2D eigenvalue weighted by molar-refractivity contribution is 14.0. The fourth-order valence-corrected chi connectivity index (χ4v) is 2.94. The zero-order valence-corrected chi connectivity index (χ0v) is 15.8. The molecule has 0 aromatic carbocycles. The van der Waals surface area contributed by atoms with E-state index in [0.717, 1.165) is 37.6 Å². The van der Waals surface area contributed by atoms with E-state index in [1.807, 2.05) is 7.05 Å². The van der Waals surface area contributed by atoms with Gasteiger partial charge < -0.3 is 10.2 Å². The summed E-state index contributed by atoms with van der Waals surface area (Å²) in [5, 5.41) is 3.56. The Morgan fingerprint density at radius 3 is 2.65 bits per heavy atom. The van der Waals surface area contributed by atoms with Gasteiger partial charge >= 0.3 is 0 Å². The lowest BCUT2D eigenvalue weighted by molar-refractivity contribution is 0.238. The molecule has 1 aliphatic heterocycles. The largest absolute Gasteiger partial charge is 0.355 e. The van der Waals surface area contributed by atoms with Crippen LogP contribution in [0.2, 0.25) is 0 Å². The fourth-order valence-electron chi connectivity index (χ4n) is 2.94. The van der Waals surface area contributed by atoms with Crippen molar-refractivity contribution in [3.63, 3.8) is 0 Å². The first-order chi connectivity index (χ1) is 9.11. The number of likely N-dealkylation sites (N-methyl/N-ethyl adjacent to an activating group) is 1. The Balaban J connectivity index is 0.00000200. The van der Waals surface area contributed by atoms with Crippen molar-refractivity contribution in [3.05, 3.63) is 0 Å². The summed E-state index contributed by atoms with van der Waals surface area (Å²) in [6, 6.07) is 1.40. The molecular formula is C15H31IN4. The molecular weight excluding hydrogens is 363 g/mol. The number of aliphatic imine (C=N–C) groups is 1. The van der Waals surface area contributed by atoms with Gasteiger partial charge in [-0.3, -0.25) is 9.89 Å². The first kappa shape index (κ1) is 18.0. The molecule has 1 saturated carbocycles. The molecule has 1 heterocycles. The molecule has 0 radical (unpaired) electrons. The van der Waals surface area contributed by atoms with Crippen LogP contribution in [0.25, 0.3) is 0 Å². The Bertz CT molecular complexity index is 317. The lowest BCUT2D eigenvalue weighted by Crippen LogP contribution is -2.49. The third kappa shape index (κ3) is 5.06. The Labute approximate surface area is 141 Å². The second-order valence-electron chi connectivity index (χ2n) is 6.37. The molecule has 2 aliphatic rings. The topological polar surface area (TPSA) is 30.9 Å². The summed E-state index contributed by atoms with van der Waals surface area (Å²) in [6.07, 6.45) is 5.39. The van der Waals surface area contributed by atoms with Crippen LogP contribution < -0.4 is 5.32 Å². The monoisotopic (exact) mass is 394 g/mol. The minimum atomic E-state index is 0. The Morgan fingerprint density at radius 2 is 2.10 bits per heavy atom. The smallest absolute Gasteiger partial charge is 0.193 e. The summed E-state index contributed by atoms with van der Waals surface area (Å²) in [7, 11) is 4.15. The SMILES string of the molecule is CN=C(NCC(C)N(C)C1CC1)N1CCCC(C)C1.I. The number of piperidine rings is 1. The zero-order valence-electron chi connectivity index (χ0n) is 13.4. The van der Waals surface area contributed by atoms with Crippen LogP contribution >= 0.6 is 24.0 Å². The number of likely N-dealkylation sites (tertiary alicyclic amines) is 1. The van der Waals surface area contributed by atoms with Crippen molar-refractivity contribution < 1.29 is 0 Å². The van der Waals surface area contributed by atoms with Gasteiger partial charge in [-0.15, -0.1) is 24.0 Å². The van der Waals surface area contributed by atoms with Crippen LogP contribution in [0.15, 0.2) is 4.99 Å². The van der Waals surface area contributed by atoms with E-state index in [1.165, 1.54) is 25.7 Å². The highest BCUT2D eigenvalue weighted by Gasteiger charge is 2.29. The second-order valence-corrected chi connectivity index (χ2v) is 6.37. The van der Waals surface area contributed by atoms with Gasteiger partial charge in [-0.1, -0.05) is 6.92 Å². The van der Waals surface area contributed by atoms with Crippen LogP contribution in [0.5, 0.6) is 0 Å². The molecule has 0 amide bonds. The van der Waals surface area contributed by atoms with Gasteiger partial charge in [0, 0.05) is 38.8 Å². The third-order valence-corrected chi connectivity index (χ3v) is 4.54. The highest BCUT2D eigenvalue weighted by Crippen LogP contribution is 2.26. The number of hydrogen-bond donors (Lipinski definition) is 1. The Hall–Kier alpha value is -0.0400. The van der Waals surface area contributed by atoms with Gasteiger partial charge in [0.1, 0.15) is 0 Å². The molecule has 20 heavy (non-hydrogen) atoms. The Kier molecular flexibility index (Phi) is 7.58. The van der Waals surface area contributed by atoms with Crippen molar-refractivity contribution >= 4 is 29.9 Å². The minimum absolute atomic E-state index is 0. The molecule has 2 atom stereocenters. The number of nitrogens with zero attached hydrogens (tertiary/aromatic N) is 3. The van der Waals surface area contributed by atoms with E-state index < -0.39 is 0 Å². The Morgan fingerprint density at radius 1 is 1.40 bits per heavy atom. The fraction of sp³-hybridized carbons (Fsp3) is 0.933. The molecule has 0 aromatic rings. The van der Waals surface area contributed by atoms with Crippen molar-refractivity contribution in [2.45, 2.75) is 51.6 Å². The molecule has 5 heteroatoms. The molecule has 2 unspecified atom stereocenters. The normalized spacial score (nSPS) is 25.4. The molecule has 118 valence electrons. The zero-order chi connectivity index (χ0) is 13.8. The lowest BCUT2D eigenvalue weighted by Gasteiger charge is -2.34. The molecule has 4 nitrogen and oxygen atoms in total. The van der Waals surface area contributed by atoms with Crippen molar-refractivity contribution in [2.75, 3.05) is 33.7 Å². The van der Waals surface area contributed by atoms with Gasteiger partial charge in [-0.05, 0) is 45.6 Å². The molecule has 1 N–H and O–H groups in total. The average Bonchev–Trinajstić information content (AvgIpc) is 3.22. The van der Waals surface area contributed by atoms with Gasteiger partial charge in [0.25, 0.3) is 0 Å². The quantitative estimate of drug-likeness (QED) is 0.451. The van der Waals surface area contributed by atoms with E-state index in [-0.39, 0.29) is 24.0 Å². The van der Waals surface area contributed by atoms with Crippen LogP contribution in [-0.4, -0.2) is 61.6 Å². The average molecular weight is 394 g/mol. The maximum Gasteiger partial charge on any atom is 0.193 e. The van der Waals surface area contributed by atoms with E-state index in [1.54, 1.807) is 0 Å². The van der Waals surface area contributed by atoms with Gasteiger partial charge in [0.2, 0.25) is 0 Å². The molecule has 2 rings (SSSR count). The van der Waals surface area contributed by atoms with Gasteiger partial charge in [0.05, 0.1) is 0 Å². The van der Waals surface area contributed by atoms with Crippen LogP contribution in [-0.2, 0) is 0 Å². The van der Waals surface area contributed by atoms with Crippen LogP contribution in [0, 0.1) is 5.92 Å². The maximum atomic E-state index is 4.45. The number of hydrogen-bond acceptors (Lipinski definition) is 2. The van der Waals surface area contributed by atoms with Gasteiger partial charge in [-0.25, -0.2) is 0 Å². The highest BCUT2D eigenvalue weighted by atomic mass is 127. The summed E-state index contributed by atoms with van der Waals surface area (Å²) in [5.41, 5.74) is 0. The van der Waals surface area contributed by atoms with Crippen LogP contribution in [0.3, 0.4) is 0 Å². The van der Waals surface area contributed by atoms with Crippen molar-refractivity contribution in [1.29, 1.82) is 0 Å². The summed E-state index contributed by atoms with van der Waals surface area (Å²) in [6.45, 7) is 7.92. The van der Waals surface area contributed by atoms with E-state index in [9.17, 15) is 0 Å².